The summed E-state index contributed by atoms with van der Waals surface area (Å²) in [6.45, 7) is 0.574. The Morgan fingerprint density at radius 2 is 1.86 bits per heavy atom. The molecule has 0 heterocycles. The average Bonchev–Trinajstić information content (AvgIpc) is 2.46. The smallest absolute Gasteiger partial charge is 0.336 e. The van der Waals surface area contributed by atoms with E-state index >= 15 is 0 Å². The summed E-state index contributed by atoms with van der Waals surface area (Å²) in [4.78, 5) is 36.1. The molecular weight excluding hydrogens is 276 g/mol. The Labute approximate surface area is 122 Å². The number of carboxylic acids is 1. The third kappa shape index (κ3) is 4.88. The molecule has 0 aliphatic heterocycles. The van der Waals surface area contributed by atoms with E-state index in [0.717, 1.165) is 0 Å². The molecule has 0 radical (unpaired) electrons. The van der Waals surface area contributed by atoms with Crippen molar-refractivity contribution in [1.82, 2.24) is 10.2 Å². The number of hydrogen-bond acceptors (Lipinski definition) is 4. The van der Waals surface area contributed by atoms with E-state index < -0.39 is 11.9 Å². The van der Waals surface area contributed by atoms with E-state index in [4.69, 9.17) is 9.84 Å². The van der Waals surface area contributed by atoms with E-state index in [2.05, 4.69) is 5.32 Å². The van der Waals surface area contributed by atoms with Crippen molar-refractivity contribution in [2.45, 2.75) is 0 Å². The van der Waals surface area contributed by atoms with Crippen LogP contribution in [-0.2, 0) is 9.53 Å². The van der Waals surface area contributed by atoms with Crippen LogP contribution in [0.5, 0.6) is 0 Å². The van der Waals surface area contributed by atoms with Crippen LogP contribution in [0.4, 0.5) is 0 Å². The molecule has 2 amide bonds. The van der Waals surface area contributed by atoms with Crippen molar-refractivity contribution in [3.8, 4) is 0 Å². The fourth-order valence-electron chi connectivity index (χ4n) is 1.70. The fourth-order valence-corrected chi connectivity index (χ4v) is 1.70. The van der Waals surface area contributed by atoms with Crippen molar-refractivity contribution in [1.29, 1.82) is 0 Å². The highest BCUT2D eigenvalue weighted by molar-refractivity contribution is 6.05. The Bertz CT molecular complexity index is 530. The van der Waals surface area contributed by atoms with Gasteiger partial charge in [0, 0.05) is 20.7 Å². The highest BCUT2D eigenvalue weighted by Crippen LogP contribution is 2.11. The predicted molar refractivity (Wildman–Crippen MR) is 75.2 cm³/mol. The summed E-state index contributed by atoms with van der Waals surface area (Å²) < 4.78 is 4.80. The van der Waals surface area contributed by atoms with Gasteiger partial charge in [0.2, 0.25) is 5.91 Å². The molecule has 0 aliphatic carbocycles. The molecule has 1 aromatic rings. The van der Waals surface area contributed by atoms with Crippen LogP contribution < -0.4 is 5.32 Å². The Morgan fingerprint density at radius 3 is 2.43 bits per heavy atom. The van der Waals surface area contributed by atoms with Gasteiger partial charge in [0.15, 0.2) is 0 Å². The minimum absolute atomic E-state index is 0.0530. The van der Waals surface area contributed by atoms with E-state index in [1.54, 1.807) is 6.07 Å². The van der Waals surface area contributed by atoms with E-state index in [-0.39, 0.29) is 23.6 Å². The van der Waals surface area contributed by atoms with Gasteiger partial charge >= 0.3 is 5.97 Å². The van der Waals surface area contributed by atoms with Gasteiger partial charge < -0.3 is 20.1 Å². The number of hydrogen-bond donors (Lipinski definition) is 2. The topological polar surface area (TPSA) is 95.9 Å². The van der Waals surface area contributed by atoms with Crippen molar-refractivity contribution in [3.63, 3.8) is 0 Å². The summed E-state index contributed by atoms with van der Waals surface area (Å²) >= 11 is 0. The Balaban J connectivity index is 2.71. The number of carboxylic acid groups (broad SMARTS) is 1. The molecule has 0 spiro atoms. The lowest BCUT2D eigenvalue weighted by Crippen LogP contribution is -2.39. The minimum Gasteiger partial charge on any atom is -0.478 e. The van der Waals surface area contributed by atoms with Crippen LogP contribution in [0.25, 0.3) is 0 Å². The zero-order valence-corrected chi connectivity index (χ0v) is 12.0. The molecule has 0 saturated carbocycles. The molecule has 1 rings (SSSR count). The van der Waals surface area contributed by atoms with Crippen molar-refractivity contribution in [3.05, 3.63) is 35.4 Å². The second kappa shape index (κ2) is 8.01. The van der Waals surface area contributed by atoms with E-state index in [9.17, 15) is 14.4 Å². The molecule has 2 N–H and O–H groups in total. The summed E-state index contributed by atoms with van der Waals surface area (Å²) in [5.74, 6) is -2.04. The number of rotatable bonds is 7. The van der Waals surface area contributed by atoms with Gasteiger partial charge in [-0.3, -0.25) is 9.59 Å². The van der Waals surface area contributed by atoms with Crippen LogP contribution in [0, 0.1) is 0 Å². The molecule has 7 heteroatoms. The number of carbonyl (C=O) groups excluding carboxylic acids is 2. The molecule has 0 unspecified atom stereocenters. The van der Waals surface area contributed by atoms with Crippen molar-refractivity contribution < 1.29 is 24.2 Å². The lowest BCUT2D eigenvalue weighted by Gasteiger charge is -2.17. The maximum Gasteiger partial charge on any atom is 0.336 e. The number of nitrogens with zero attached hydrogens (tertiary/aromatic N) is 1. The third-order valence-electron chi connectivity index (χ3n) is 2.74. The SMILES string of the molecule is COCCNC(=O)CN(C)C(=O)c1ccccc1C(=O)O. The zero-order chi connectivity index (χ0) is 15.8. The molecule has 0 saturated heterocycles. The Morgan fingerprint density at radius 1 is 1.24 bits per heavy atom. The highest BCUT2D eigenvalue weighted by atomic mass is 16.5. The van der Waals surface area contributed by atoms with Crippen LogP contribution in [0.3, 0.4) is 0 Å². The second-order valence-electron chi connectivity index (χ2n) is 4.35. The minimum atomic E-state index is -1.18. The maximum absolute atomic E-state index is 12.2. The molecule has 0 aliphatic rings. The van der Waals surface area contributed by atoms with Crippen LogP contribution in [0.2, 0.25) is 0 Å². The fraction of sp³-hybridized carbons (Fsp3) is 0.357. The first-order valence-corrected chi connectivity index (χ1v) is 6.30. The van der Waals surface area contributed by atoms with Crippen molar-refractivity contribution >= 4 is 17.8 Å². The van der Waals surface area contributed by atoms with Crippen LogP contribution in [-0.4, -0.2) is 61.6 Å². The second-order valence-corrected chi connectivity index (χ2v) is 4.35. The number of carbonyl (C=O) groups is 3. The van der Waals surface area contributed by atoms with Crippen LogP contribution >= 0.6 is 0 Å². The van der Waals surface area contributed by atoms with Gasteiger partial charge in [0.1, 0.15) is 0 Å². The maximum atomic E-state index is 12.2. The summed E-state index contributed by atoms with van der Waals surface area (Å²) in [6, 6.07) is 5.89. The molecule has 0 bridgehead atoms. The first-order chi connectivity index (χ1) is 9.97. The van der Waals surface area contributed by atoms with Gasteiger partial charge in [-0.2, -0.15) is 0 Å². The summed E-state index contributed by atoms with van der Waals surface area (Å²) in [5, 5.41) is 11.6. The monoisotopic (exact) mass is 294 g/mol. The number of likely N-dealkylation sites (N-methyl/N-ethyl adjacent to an activating group) is 1. The normalized spacial score (nSPS) is 10.0. The molecule has 21 heavy (non-hydrogen) atoms. The number of aromatic carboxylic acids is 1. The third-order valence-corrected chi connectivity index (χ3v) is 2.74. The quantitative estimate of drug-likeness (QED) is 0.701. The van der Waals surface area contributed by atoms with Crippen LogP contribution in [0.1, 0.15) is 20.7 Å². The summed E-state index contributed by atoms with van der Waals surface area (Å²) in [5.41, 5.74) is -0.0358. The molecule has 114 valence electrons. The van der Waals surface area contributed by atoms with Gasteiger partial charge in [-0.15, -0.1) is 0 Å². The first-order valence-electron chi connectivity index (χ1n) is 6.30. The van der Waals surface area contributed by atoms with Crippen molar-refractivity contribution in [2.75, 3.05) is 33.9 Å². The molecule has 0 atom stereocenters. The van der Waals surface area contributed by atoms with Gasteiger partial charge in [-0.1, -0.05) is 12.1 Å². The van der Waals surface area contributed by atoms with Gasteiger partial charge in [-0.05, 0) is 12.1 Å². The summed E-state index contributed by atoms with van der Waals surface area (Å²) in [6.07, 6.45) is 0. The molecule has 1 aromatic carbocycles. The standard InChI is InChI=1S/C14H18N2O5/c1-16(9-12(17)15-7-8-21-2)13(18)10-5-3-4-6-11(10)14(19)20/h3-6H,7-9H2,1-2H3,(H,15,17)(H,19,20). The Kier molecular flexibility index (Phi) is 6.35. The first kappa shape index (κ1) is 16.6. The lowest BCUT2D eigenvalue weighted by molar-refractivity contribution is -0.121. The summed E-state index contributed by atoms with van der Waals surface area (Å²) in [7, 11) is 2.96. The predicted octanol–water partition coefficient (Wildman–Crippen LogP) is 0.219. The number of nitrogens with one attached hydrogen (secondary N) is 1. The van der Waals surface area contributed by atoms with Gasteiger partial charge in [0.05, 0.1) is 24.3 Å². The molecule has 0 fully saturated rings. The van der Waals surface area contributed by atoms with Gasteiger partial charge in [-0.25, -0.2) is 4.79 Å². The number of benzene rings is 1. The number of ether oxygens (including phenoxy) is 1. The van der Waals surface area contributed by atoms with E-state index in [0.29, 0.717) is 13.2 Å². The largest absolute Gasteiger partial charge is 0.478 e. The van der Waals surface area contributed by atoms with E-state index in [1.165, 1.54) is 37.3 Å². The Hall–Kier alpha value is -2.41. The molecule has 0 aromatic heterocycles. The highest BCUT2D eigenvalue weighted by Gasteiger charge is 2.20. The number of amides is 2. The molecule has 7 nitrogen and oxygen atoms in total. The van der Waals surface area contributed by atoms with Crippen molar-refractivity contribution in [2.24, 2.45) is 0 Å². The van der Waals surface area contributed by atoms with Gasteiger partial charge in [0.25, 0.3) is 5.91 Å². The lowest BCUT2D eigenvalue weighted by atomic mass is 10.1. The zero-order valence-electron chi connectivity index (χ0n) is 12.0. The number of methoxy groups -OCH3 is 1. The van der Waals surface area contributed by atoms with Crippen LogP contribution in [0.15, 0.2) is 24.3 Å². The van der Waals surface area contributed by atoms with E-state index in [1.807, 2.05) is 0 Å². The molecular formula is C14H18N2O5. The average molecular weight is 294 g/mol.